The zero-order valence-electron chi connectivity index (χ0n) is 12.8. The van der Waals surface area contributed by atoms with Gasteiger partial charge in [0.15, 0.2) is 0 Å². The summed E-state index contributed by atoms with van der Waals surface area (Å²) in [5.41, 5.74) is 2.87. The van der Waals surface area contributed by atoms with E-state index in [1.807, 2.05) is 0 Å². The van der Waals surface area contributed by atoms with Crippen LogP contribution in [0.2, 0.25) is 0 Å². The first kappa shape index (κ1) is 17.5. The summed E-state index contributed by atoms with van der Waals surface area (Å²) in [6, 6.07) is 9.91. The number of benzene rings is 1. The van der Waals surface area contributed by atoms with Gasteiger partial charge in [0.05, 0.1) is 23.5 Å². The number of hydrogen-bond donors (Lipinski definition) is 2. The Bertz CT molecular complexity index is 730. The molecule has 0 aliphatic carbocycles. The fraction of sp³-hybridized carbons (Fsp3) is 0.188. The molecule has 126 valence electrons. The van der Waals surface area contributed by atoms with E-state index in [1.54, 1.807) is 31.3 Å². The third kappa shape index (κ3) is 5.08. The summed E-state index contributed by atoms with van der Waals surface area (Å²) in [5, 5.41) is 6.52. The van der Waals surface area contributed by atoms with Crippen molar-refractivity contribution in [2.45, 2.75) is 13.1 Å². The summed E-state index contributed by atoms with van der Waals surface area (Å²) < 4.78 is 37.8. The molecule has 0 unspecified atom stereocenters. The smallest absolute Gasteiger partial charge is 0.376 e. The predicted molar refractivity (Wildman–Crippen MR) is 84.5 cm³/mol. The van der Waals surface area contributed by atoms with Crippen LogP contribution >= 0.6 is 0 Å². The van der Waals surface area contributed by atoms with E-state index in [1.165, 1.54) is 12.1 Å². The summed E-state index contributed by atoms with van der Waals surface area (Å²) in [6.45, 7) is 1.48. The van der Waals surface area contributed by atoms with E-state index < -0.39 is 17.6 Å². The van der Waals surface area contributed by atoms with Gasteiger partial charge in [-0.15, -0.1) is 0 Å². The molecule has 5 nitrogen and oxygen atoms in total. The molecular formula is C16H15F3N4O. The minimum absolute atomic E-state index is 0.199. The maximum atomic E-state index is 12.6. The van der Waals surface area contributed by atoms with Crippen LogP contribution in [0.25, 0.3) is 0 Å². The molecule has 0 spiro atoms. The van der Waals surface area contributed by atoms with Gasteiger partial charge in [-0.25, -0.2) is 5.43 Å². The highest BCUT2D eigenvalue weighted by atomic mass is 19.4. The van der Waals surface area contributed by atoms with Crippen LogP contribution in [0.15, 0.2) is 53.8 Å². The third-order valence-electron chi connectivity index (χ3n) is 3.03. The predicted octanol–water partition coefficient (Wildman–Crippen LogP) is 3.05. The number of rotatable bonds is 5. The van der Waals surface area contributed by atoms with Crippen LogP contribution < -0.4 is 10.7 Å². The van der Waals surface area contributed by atoms with E-state index >= 15 is 0 Å². The number of pyridine rings is 1. The molecule has 1 aromatic heterocycles. The fourth-order valence-corrected chi connectivity index (χ4v) is 1.81. The average molecular weight is 336 g/mol. The highest BCUT2D eigenvalue weighted by molar-refractivity contribution is 5.97. The van der Waals surface area contributed by atoms with Crippen molar-refractivity contribution in [3.05, 3.63) is 59.9 Å². The van der Waals surface area contributed by atoms with Crippen molar-refractivity contribution in [3.8, 4) is 0 Å². The molecule has 24 heavy (non-hydrogen) atoms. The molecule has 2 aromatic rings. The molecule has 1 aromatic carbocycles. The van der Waals surface area contributed by atoms with Gasteiger partial charge < -0.3 is 5.32 Å². The van der Waals surface area contributed by atoms with E-state index in [0.717, 1.165) is 12.1 Å². The molecule has 0 fully saturated rings. The molecule has 0 saturated carbocycles. The molecule has 8 heteroatoms. The third-order valence-corrected chi connectivity index (χ3v) is 3.03. The lowest BCUT2D eigenvalue weighted by Gasteiger charge is -2.10. The van der Waals surface area contributed by atoms with Crippen molar-refractivity contribution in [1.82, 2.24) is 10.4 Å². The quantitative estimate of drug-likeness (QED) is 0.651. The van der Waals surface area contributed by atoms with Crippen LogP contribution in [-0.2, 0) is 11.0 Å². The summed E-state index contributed by atoms with van der Waals surface area (Å²) in [4.78, 5) is 15.8. The number of nitrogens with zero attached hydrogens (tertiary/aromatic N) is 2. The Kier molecular flexibility index (Phi) is 5.51. The highest BCUT2D eigenvalue weighted by Crippen LogP contribution is 2.30. The Hall–Kier alpha value is -2.90. The molecular weight excluding hydrogens is 321 g/mol. The van der Waals surface area contributed by atoms with Crippen LogP contribution in [0, 0.1) is 0 Å². The Morgan fingerprint density at radius 3 is 2.67 bits per heavy atom. The number of anilines is 1. The van der Waals surface area contributed by atoms with Gasteiger partial charge in [0.25, 0.3) is 5.91 Å². The summed E-state index contributed by atoms with van der Waals surface area (Å²) in [7, 11) is 0. The minimum atomic E-state index is -4.43. The van der Waals surface area contributed by atoms with Crippen molar-refractivity contribution in [2.24, 2.45) is 5.10 Å². The minimum Gasteiger partial charge on any atom is -0.376 e. The Balaban J connectivity index is 1.90. The van der Waals surface area contributed by atoms with E-state index in [-0.39, 0.29) is 12.2 Å². The number of carbonyl (C=O) groups is 1. The highest BCUT2D eigenvalue weighted by Gasteiger charge is 2.30. The maximum Gasteiger partial charge on any atom is 0.416 e. The Labute approximate surface area is 136 Å². The van der Waals surface area contributed by atoms with Crippen molar-refractivity contribution < 1.29 is 18.0 Å². The normalized spacial score (nSPS) is 11.9. The lowest BCUT2D eigenvalue weighted by molar-refractivity contribution is -0.137. The first-order valence-corrected chi connectivity index (χ1v) is 7.02. The van der Waals surface area contributed by atoms with Gasteiger partial charge in [-0.3, -0.25) is 9.78 Å². The molecule has 0 bridgehead atoms. The molecule has 1 heterocycles. The topological polar surface area (TPSA) is 66.4 Å². The van der Waals surface area contributed by atoms with Crippen molar-refractivity contribution in [2.75, 3.05) is 11.9 Å². The second-order valence-corrected chi connectivity index (χ2v) is 4.88. The lowest BCUT2D eigenvalue weighted by atomic mass is 10.2. The number of alkyl halides is 3. The number of aromatic nitrogens is 1. The van der Waals surface area contributed by atoms with Crippen LogP contribution in [0.3, 0.4) is 0 Å². The van der Waals surface area contributed by atoms with Crippen LogP contribution in [0.1, 0.15) is 18.2 Å². The van der Waals surface area contributed by atoms with Crippen LogP contribution in [0.5, 0.6) is 0 Å². The van der Waals surface area contributed by atoms with Crippen molar-refractivity contribution >= 4 is 17.3 Å². The van der Waals surface area contributed by atoms with Gasteiger partial charge in [0.1, 0.15) is 0 Å². The van der Waals surface area contributed by atoms with E-state index in [4.69, 9.17) is 0 Å². The number of nitrogens with one attached hydrogen (secondary N) is 2. The summed E-state index contributed by atoms with van der Waals surface area (Å²) in [6.07, 6.45) is -2.82. The van der Waals surface area contributed by atoms with Crippen molar-refractivity contribution in [1.29, 1.82) is 0 Å². The van der Waals surface area contributed by atoms with E-state index in [9.17, 15) is 18.0 Å². The van der Waals surface area contributed by atoms with Gasteiger partial charge in [0.2, 0.25) is 0 Å². The number of amides is 1. The van der Waals surface area contributed by atoms with Gasteiger partial charge >= 0.3 is 6.18 Å². The lowest BCUT2D eigenvalue weighted by Crippen LogP contribution is -2.27. The number of hydrazone groups is 1. The fourth-order valence-electron chi connectivity index (χ4n) is 1.81. The first-order valence-electron chi connectivity index (χ1n) is 7.02. The molecule has 0 aliphatic heterocycles. The second kappa shape index (κ2) is 7.58. The zero-order chi connectivity index (χ0) is 17.6. The molecule has 2 N–H and O–H groups in total. The maximum absolute atomic E-state index is 12.6. The molecule has 0 atom stereocenters. The molecule has 0 radical (unpaired) electrons. The van der Waals surface area contributed by atoms with Crippen LogP contribution in [0.4, 0.5) is 18.9 Å². The van der Waals surface area contributed by atoms with Crippen molar-refractivity contribution in [3.63, 3.8) is 0 Å². The first-order chi connectivity index (χ1) is 11.4. The van der Waals surface area contributed by atoms with E-state index in [2.05, 4.69) is 20.8 Å². The standard InChI is InChI=1S/C16H15F3N4O/c1-11(14-7-2-3-8-20-14)22-23-15(24)10-21-13-6-4-5-12(9-13)16(17,18)19/h2-9,21H,10H2,1H3,(H,23,24). The SMILES string of the molecule is CC(=NNC(=O)CNc1cccc(C(F)(F)F)c1)c1ccccn1. The summed E-state index contributed by atoms with van der Waals surface area (Å²) >= 11 is 0. The summed E-state index contributed by atoms with van der Waals surface area (Å²) in [5.74, 6) is -0.484. The molecule has 1 amide bonds. The van der Waals surface area contributed by atoms with Crippen LogP contribution in [-0.4, -0.2) is 23.1 Å². The van der Waals surface area contributed by atoms with E-state index in [0.29, 0.717) is 11.4 Å². The number of carbonyl (C=O) groups excluding carboxylic acids is 1. The average Bonchev–Trinajstić information content (AvgIpc) is 2.58. The molecule has 2 rings (SSSR count). The second-order valence-electron chi connectivity index (χ2n) is 4.88. The van der Waals surface area contributed by atoms with Gasteiger partial charge in [-0.1, -0.05) is 12.1 Å². The Morgan fingerprint density at radius 1 is 1.21 bits per heavy atom. The monoisotopic (exact) mass is 336 g/mol. The molecule has 0 saturated heterocycles. The number of halogens is 3. The van der Waals surface area contributed by atoms with Gasteiger partial charge in [-0.2, -0.15) is 18.3 Å². The number of hydrogen-bond acceptors (Lipinski definition) is 4. The Morgan fingerprint density at radius 2 is 2.00 bits per heavy atom. The van der Waals surface area contributed by atoms with Gasteiger partial charge in [-0.05, 0) is 37.3 Å². The largest absolute Gasteiger partial charge is 0.416 e. The zero-order valence-corrected chi connectivity index (χ0v) is 12.8. The van der Waals surface area contributed by atoms with Gasteiger partial charge in [0, 0.05) is 11.9 Å². The molecule has 0 aliphatic rings.